The summed E-state index contributed by atoms with van der Waals surface area (Å²) < 4.78 is 0. The highest BCUT2D eigenvalue weighted by atomic mass is 35.5. The molecule has 1 atom stereocenters. The van der Waals surface area contributed by atoms with E-state index in [-0.39, 0.29) is 5.38 Å². The fourth-order valence-electron chi connectivity index (χ4n) is 1.97. The smallest absolute Gasteiger partial charge is 0.0864 e. The standard InChI is InChI=1S/C16H15Cl3/c1-10(2)11-6-8-12(9-7-11)16(19)15-13(17)4-3-5-14(15)18/h3-10,16H,1-2H3. The number of hydrogen-bond acceptors (Lipinski definition) is 0. The van der Waals surface area contributed by atoms with Gasteiger partial charge in [-0.2, -0.15) is 0 Å². The van der Waals surface area contributed by atoms with Gasteiger partial charge in [0, 0.05) is 15.6 Å². The van der Waals surface area contributed by atoms with E-state index in [2.05, 4.69) is 26.0 Å². The second-order valence-corrected chi connectivity index (χ2v) is 6.07. The zero-order chi connectivity index (χ0) is 14.0. The summed E-state index contributed by atoms with van der Waals surface area (Å²) in [5.74, 6) is 0.506. The summed E-state index contributed by atoms with van der Waals surface area (Å²) >= 11 is 18.9. The van der Waals surface area contributed by atoms with Gasteiger partial charge in [-0.25, -0.2) is 0 Å². The normalized spacial score (nSPS) is 12.7. The fourth-order valence-corrected chi connectivity index (χ4v) is 3.08. The molecule has 0 heterocycles. The van der Waals surface area contributed by atoms with Crippen molar-refractivity contribution in [2.24, 2.45) is 0 Å². The molecule has 0 aromatic heterocycles. The van der Waals surface area contributed by atoms with Gasteiger partial charge in [-0.05, 0) is 29.2 Å². The van der Waals surface area contributed by atoms with Crippen LogP contribution in [0.5, 0.6) is 0 Å². The molecule has 0 saturated carbocycles. The van der Waals surface area contributed by atoms with Crippen LogP contribution in [-0.2, 0) is 0 Å². The molecule has 0 amide bonds. The minimum atomic E-state index is -0.331. The highest BCUT2D eigenvalue weighted by Gasteiger charge is 2.17. The summed E-state index contributed by atoms with van der Waals surface area (Å²) in [7, 11) is 0. The van der Waals surface area contributed by atoms with E-state index in [1.807, 2.05) is 18.2 Å². The SMILES string of the molecule is CC(C)c1ccc(C(Cl)c2c(Cl)cccc2Cl)cc1. The molecule has 2 aromatic carbocycles. The molecule has 0 radical (unpaired) electrons. The van der Waals surface area contributed by atoms with Crippen molar-refractivity contribution in [3.05, 3.63) is 69.2 Å². The van der Waals surface area contributed by atoms with E-state index in [9.17, 15) is 0 Å². The molecule has 0 aliphatic heterocycles. The maximum Gasteiger partial charge on any atom is 0.0864 e. The first-order valence-electron chi connectivity index (χ1n) is 6.18. The van der Waals surface area contributed by atoms with Gasteiger partial charge in [0.15, 0.2) is 0 Å². The molecule has 0 bridgehead atoms. The van der Waals surface area contributed by atoms with Crippen molar-refractivity contribution in [3.63, 3.8) is 0 Å². The molecule has 0 aliphatic rings. The maximum atomic E-state index is 6.51. The lowest BCUT2D eigenvalue weighted by molar-refractivity contribution is 0.865. The molecule has 0 N–H and O–H groups in total. The Morgan fingerprint density at radius 1 is 0.789 bits per heavy atom. The van der Waals surface area contributed by atoms with E-state index < -0.39 is 0 Å². The predicted octanol–water partition coefficient (Wildman–Crippen LogP) is 6.45. The topological polar surface area (TPSA) is 0 Å². The van der Waals surface area contributed by atoms with E-state index >= 15 is 0 Å². The van der Waals surface area contributed by atoms with Crippen LogP contribution >= 0.6 is 34.8 Å². The second-order valence-electron chi connectivity index (χ2n) is 4.82. The lowest BCUT2D eigenvalue weighted by atomic mass is 9.98. The summed E-state index contributed by atoms with van der Waals surface area (Å²) in [4.78, 5) is 0. The Balaban J connectivity index is 2.36. The average Bonchev–Trinajstić information content (AvgIpc) is 2.38. The minimum Gasteiger partial charge on any atom is -0.112 e. The van der Waals surface area contributed by atoms with Crippen LogP contribution in [0.2, 0.25) is 10.0 Å². The Morgan fingerprint density at radius 3 is 1.74 bits per heavy atom. The van der Waals surface area contributed by atoms with Crippen molar-refractivity contribution >= 4 is 34.8 Å². The molecule has 19 heavy (non-hydrogen) atoms. The van der Waals surface area contributed by atoms with Crippen LogP contribution in [0.25, 0.3) is 0 Å². The molecule has 0 aliphatic carbocycles. The van der Waals surface area contributed by atoms with Crippen molar-refractivity contribution in [1.29, 1.82) is 0 Å². The van der Waals surface area contributed by atoms with Crippen LogP contribution in [-0.4, -0.2) is 0 Å². The van der Waals surface area contributed by atoms with Crippen molar-refractivity contribution in [2.45, 2.75) is 25.1 Å². The first-order chi connectivity index (χ1) is 9.00. The summed E-state index contributed by atoms with van der Waals surface area (Å²) in [6, 6.07) is 13.7. The molecule has 2 rings (SSSR count). The predicted molar refractivity (Wildman–Crippen MR) is 84.7 cm³/mol. The molecule has 0 nitrogen and oxygen atoms in total. The van der Waals surface area contributed by atoms with Gasteiger partial charge < -0.3 is 0 Å². The van der Waals surface area contributed by atoms with Crippen LogP contribution < -0.4 is 0 Å². The Kier molecular flexibility index (Phi) is 4.78. The van der Waals surface area contributed by atoms with Crippen LogP contribution in [0.1, 0.15) is 41.8 Å². The first-order valence-corrected chi connectivity index (χ1v) is 7.37. The third-order valence-corrected chi connectivity index (χ3v) is 4.28. The Morgan fingerprint density at radius 2 is 1.26 bits per heavy atom. The summed E-state index contributed by atoms with van der Waals surface area (Å²) in [6.07, 6.45) is 0. The molecule has 100 valence electrons. The fraction of sp³-hybridized carbons (Fsp3) is 0.250. The van der Waals surface area contributed by atoms with E-state index in [0.717, 1.165) is 11.1 Å². The van der Waals surface area contributed by atoms with Crippen LogP contribution in [0.3, 0.4) is 0 Å². The molecule has 0 spiro atoms. The largest absolute Gasteiger partial charge is 0.112 e. The molecule has 3 heteroatoms. The summed E-state index contributed by atoms with van der Waals surface area (Å²) in [6.45, 7) is 4.33. The molecule has 1 unspecified atom stereocenters. The number of rotatable bonds is 3. The number of alkyl halides is 1. The van der Waals surface area contributed by atoms with Gasteiger partial charge in [0.1, 0.15) is 0 Å². The number of benzene rings is 2. The van der Waals surface area contributed by atoms with Crippen molar-refractivity contribution in [2.75, 3.05) is 0 Å². The first kappa shape index (κ1) is 14.7. The third kappa shape index (κ3) is 3.25. The molecule has 0 saturated heterocycles. The average molecular weight is 314 g/mol. The molecular formula is C16H15Cl3. The maximum absolute atomic E-state index is 6.51. The highest BCUT2D eigenvalue weighted by Crippen LogP contribution is 2.38. The van der Waals surface area contributed by atoms with E-state index in [1.54, 1.807) is 12.1 Å². The van der Waals surface area contributed by atoms with Gasteiger partial charge in [-0.1, -0.05) is 67.4 Å². The Hall–Kier alpha value is -0.690. The van der Waals surface area contributed by atoms with Crippen LogP contribution in [0, 0.1) is 0 Å². The van der Waals surface area contributed by atoms with E-state index in [1.165, 1.54) is 5.56 Å². The quantitative estimate of drug-likeness (QED) is 0.571. The van der Waals surface area contributed by atoms with E-state index in [4.69, 9.17) is 34.8 Å². The zero-order valence-electron chi connectivity index (χ0n) is 10.8. The van der Waals surface area contributed by atoms with Gasteiger partial charge in [0.2, 0.25) is 0 Å². The van der Waals surface area contributed by atoms with Gasteiger partial charge in [0.05, 0.1) is 5.38 Å². The lowest BCUT2D eigenvalue weighted by Crippen LogP contribution is -1.96. The minimum absolute atomic E-state index is 0.331. The van der Waals surface area contributed by atoms with Gasteiger partial charge in [-0.15, -0.1) is 11.6 Å². The molecular weight excluding hydrogens is 299 g/mol. The van der Waals surface area contributed by atoms with Crippen LogP contribution in [0.15, 0.2) is 42.5 Å². The van der Waals surface area contributed by atoms with Gasteiger partial charge >= 0.3 is 0 Å². The van der Waals surface area contributed by atoms with Gasteiger partial charge in [0.25, 0.3) is 0 Å². The summed E-state index contributed by atoms with van der Waals surface area (Å²) in [5, 5.41) is 0.864. The lowest BCUT2D eigenvalue weighted by Gasteiger charge is -2.15. The monoisotopic (exact) mass is 312 g/mol. The third-order valence-electron chi connectivity index (χ3n) is 3.15. The number of halogens is 3. The van der Waals surface area contributed by atoms with E-state index in [0.29, 0.717) is 16.0 Å². The second kappa shape index (κ2) is 6.17. The summed E-state index contributed by atoms with van der Waals surface area (Å²) in [5.41, 5.74) is 3.06. The number of hydrogen-bond donors (Lipinski definition) is 0. The zero-order valence-corrected chi connectivity index (χ0v) is 13.1. The van der Waals surface area contributed by atoms with Crippen molar-refractivity contribution in [3.8, 4) is 0 Å². The van der Waals surface area contributed by atoms with Gasteiger partial charge in [-0.3, -0.25) is 0 Å². The van der Waals surface area contributed by atoms with Crippen molar-refractivity contribution in [1.82, 2.24) is 0 Å². The Bertz CT molecular complexity index is 538. The van der Waals surface area contributed by atoms with Crippen LogP contribution in [0.4, 0.5) is 0 Å². The Labute approximate surface area is 129 Å². The molecule has 2 aromatic rings. The highest BCUT2D eigenvalue weighted by molar-refractivity contribution is 6.38. The molecule has 0 fully saturated rings. The van der Waals surface area contributed by atoms with Crippen molar-refractivity contribution < 1.29 is 0 Å².